The second kappa shape index (κ2) is 10.1. The lowest BCUT2D eigenvalue weighted by molar-refractivity contribution is -0.153. The minimum atomic E-state index is -1.20. The molecule has 2 aromatic rings. The molecular weight excluding hydrogens is 502 g/mol. The number of nitrogens with one attached hydrogen (secondary N) is 1. The fourth-order valence-electron chi connectivity index (χ4n) is 5.89. The van der Waals surface area contributed by atoms with Crippen LogP contribution in [0.3, 0.4) is 0 Å². The molecule has 1 aromatic heterocycles. The monoisotopic (exact) mass is 537 g/mol. The van der Waals surface area contributed by atoms with Gasteiger partial charge in [0.05, 0.1) is 37.9 Å². The van der Waals surface area contributed by atoms with Crippen LogP contribution in [0.5, 0.6) is 0 Å². The number of benzene rings is 1. The zero-order valence-electron chi connectivity index (χ0n) is 22.5. The number of rotatable bonds is 8. The van der Waals surface area contributed by atoms with Crippen molar-refractivity contribution in [2.75, 3.05) is 39.9 Å². The Kier molecular flexibility index (Phi) is 6.96. The zero-order chi connectivity index (χ0) is 27.9. The Bertz CT molecular complexity index is 1270. The normalized spacial score (nSPS) is 23.2. The van der Waals surface area contributed by atoms with Crippen molar-refractivity contribution in [3.05, 3.63) is 53.9 Å². The van der Waals surface area contributed by atoms with E-state index < -0.39 is 35.9 Å². The first-order valence-corrected chi connectivity index (χ1v) is 13.2. The third-order valence-electron chi connectivity index (χ3n) is 8.44. The van der Waals surface area contributed by atoms with Crippen LogP contribution in [0.4, 0.5) is 0 Å². The van der Waals surface area contributed by atoms with Gasteiger partial charge >= 0.3 is 5.97 Å². The summed E-state index contributed by atoms with van der Waals surface area (Å²) in [6.45, 7) is 5.19. The van der Waals surface area contributed by atoms with E-state index in [4.69, 9.17) is 0 Å². The highest BCUT2D eigenvalue weighted by molar-refractivity contribution is 5.95. The lowest BCUT2D eigenvalue weighted by Crippen LogP contribution is -2.65. The fraction of sp³-hybridized carbons (Fsp3) is 0.536. The molecule has 39 heavy (non-hydrogen) atoms. The summed E-state index contributed by atoms with van der Waals surface area (Å²) in [6, 6.07) is 8.58. The highest BCUT2D eigenvalue weighted by Gasteiger charge is 2.62. The second-order valence-electron chi connectivity index (χ2n) is 11.7. The van der Waals surface area contributed by atoms with Crippen LogP contribution in [0.15, 0.2) is 42.7 Å². The van der Waals surface area contributed by atoms with Crippen LogP contribution in [-0.4, -0.2) is 94.3 Å². The van der Waals surface area contributed by atoms with Gasteiger partial charge in [-0.2, -0.15) is 5.10 Å². The summed E-state index contributed by atoms with van der Waals surface area (Å²) in [6.07, 6.45) is 4.06. The largest absolute Gasteiger partial charge is 0.467 e. The summed E-state index contributed by atoms with van der Waals surface area (Å²) in [7, 11) is 1.18. The van der Waals surface area contributed by atoms with Crippen molar-refractivity contribution in [2.24, 2.45) is 22.7 Å². The van der Waals surface area contributed by atoms with E-state index in [-0.39, 0.29) is 29.7 Å². The molecule has 1 aliphatic carbocycles. The van der Waals surface area contributed by atoms with Crippen LogP contribution in [-0.2, 0) is 25.7 Å². The lowest BCUT2D eigenvalue weighted by Gasteiger charge is -2.50. The fourth-order valence-corrected chi connectivity index (χ4v) is 5.89. The third-order valence-corrected chi connectivity index (χ3v) is 8.44. The van der Waals surface area contributed by atoms with Gasteiger partial charge in [-0.25, -0.2) is 4.79 Å². The van der Waals surface area contributed by atoms with Gasteiger partial charge in [-0.15, -0.1) is 0 Å². The molecule has 11 heteroatoms. The summed E-state index contributed by atoms with van der Waals surface area (Å²) in [5, 5.41) is 16.5. The van der Waals surface area contributed by atoms with Crippen molar-refractivity contribution in [1.82, 2.24) is 24.9 Å². The molecule has 1 saturated carbocycles. The Morgan fingerprint density at radius 2 is 1.77 bits per heavy atom. The highest BCUT2D eigenvalue weighted by Crippen LogP contribution is 2.54. The lowest BCUT2D eigenvalue weighted by atomic mass is 9.70. The summed E-state index contributed by atoms with van der Waals surface area (Å²) in [5.74, 6) is -2.04. The van der Waals surface area contributed by atoms with Gasteiger partial charge in [0.2, 0.25) is 11.8 Å². The minimum absolute atomic E-state index is 0.0109. The van der Waals surface area contributed by atoms with Gasteiger partial charge in [-0.05, 0) is 17.4 Å². The number of nitrogens with zero attached hydrogens (tertiary/aromatic N) is 4. The predicted molar refractivity (Wildman–Crippen MR) is 139 cm³/mol. The third kappa shape index (κ3) is 5.15. The number of aliphatic hydroxyl groups excluding tert-OH is 1. The van der Waals surface area contributed by atoms with E-state index in [1.165, 1.54) is 13.3 Å². The number of amides is 3. The molecule has 2 aliphatic heterocycles. The number of likely N-dealkylation sites (tertiary alicyclic amines) is 2. The molecule has 1 spiro atoms. The average Bonchev–Trinajstić information content (AvgIpc) is 3.24. The van der Waals surface area contributed by atoms with E-state index in [2.05, 4.69) is 29.0 Å². The van der Waals surface area contributed by atoms with Crippen molar-refractivity contribution < 1.29 is 29.0 Å². The Morgan fingerprint density at radius 1 is 1.10 bits per heavy atom. The number of hydrogen-bond donors (Lipinski definition) is 2. The zero-order valence-corrected chi connectivity index (χ0v) is 22.5. The number of hydrogen-bond acceptors (Lipinski definition) is 7. The van der Waals surface area contributed by atoms with Gasteiger partial charge in [0, 0.05) is 43.7 Å². The van der Waals surface area contributed by atoms with E-state index >= 15 is 0 Å². The van der Waals surface area contributed by atoms with Crippen LogP contribution in [0.2, 0.25) is 0 Å². The summed E-state index contributed by atoms with van der Waals surface area (Å²) < 4.78 is 6.38. The van der Waals surface area contributed by atoms with Crippen LogP contribution in [0.1, 0.15) is 36.2 Å². The number of esters is 1. The van der Waals surface area contributed by atoms with Gasteiger partial charge < -0.3 is 25.0 Å². The molecule has 2 N–H and O–H groups in total. The molecule has 1 aromatic carbocycles. The number of aromatic nitrogens is 2. The van der Waals surface area contributed by atoms with Crippen LogP contribution in [0.25, 0.3) is 0 Å². The molecule has 3 heterocycles. The molecule has 208 valence electrons. The van der Waals surface area contributed by atoms with E-state index in [0.29, 0.717) is 31.7 Å². The van der Waals surface area contributed by atoms with Crippen molar-refractivity contribution in [1.29, 1.82) is 0 Å². The standard InChI is InChI=1S/C28H35N5O6/c1-27(2)9-20(27)25(37)32-16-28(17-32)15-31(13-21(28)23(35)30-22(14-34)26(38)39-3)24(36)19-10-29-33(12-19)11-18-7-5-4-6-8-18/h4-8,10,12,20-22,34H,9,11,13-17H2,1-3H3,(H,30,35)/t20-,21+,22+/m1/s1. The van der Waals surface area contributed by atoms with Crippen molar-refractivity contribution in [2.45, 2.75) is 32.9 Å². The number of ether oxygens (including phenoxy) is 1. The molecule has 3 amide bonds. The maximum absolute atomic E-state index is 13.5. The van der Waals surface area contributed by atoms with Gasteiger partial charge in [-0.1, -0.05) is 44.2 Å². The van der Waals surface area contributed by atoms with Gasteiger partial charge in [-0.3, -0.25) is 19.1 Å². The molecule has 0 radical (unpaired) electrons. The van der Waals surface area contributed by atoms with Gasteiger partial charge in [0.25, 0.3) is 5.91 Å². The molecule has 5 rings (SSSR count). The quantitative estimate of drug-likeness (QED) is 0.469. The van der Waals surface area contributed by atoms with Gasteiger partial charge in [0.15, 0.2) is 6.04 Å². The topological polar surface area (TPSA) is 134 Å². The van der Waals surface area contributed by atoms with E-state index in [1.807, 2.05) is 30.3 Å². The summed E-state index contributed by atoms with van der Waals surface area (Å²) in [4.78, 5) is 55.3. The second-order valence-corrected chi connectivity index (χ2v) is 11.7. The maximum atomic E-state index is 13.5. The van der Waals surface area contributed by atoms with Crippen LogP contribution in [0, 0.1) is 22.7 Å². The van der Waals surface area contributed by atoms with Crippen molar-refractivity contribution >= 4 is 23.7 Å². The number of carbonyl (C=O) groups is 4. The molecule has 2 saturated heterocycles. The maximum Gasteiger partial charge on any atom is 0.330 e. The minimum Gasteiger partial charge on any atom is -0.467 e. The summed E-state index contributed by atoms with van der Waals surface area (Å²) in [5.41, 5.74) is 0.823. The van der Waals surface area contributed by atoms with Gasteiger partial charge in [0.1, 0.15) is 0 Å². The molecule has 3 aliphatic rings. The highest BCUT2D eigenvalue weighted by atomic mass is 16.5. The first-order chi connectivity index (χ1) is 18.6. The molecule has 0 bridgehead atoms. The molecule has 3 atom stereocenters. The molecule has 11 nitrogen and oxygen atoms in total. The van der Waals surface area contributed by atoms with E-state index in [9.17, 15) is 24.3 Å². The first kappa shape index (κ1) is 26.9. The molecular formula is C28H35N5O6. The van der Waals surface area contributed by atoms with Crippen LogP contribution >= 0.6 is 0 Å². The number of methoxy groups -OCH3 is 1. The Labute approximate surface area is 227 Å². The Balaban J connectivity index is 1.31. The predicted octanol–water partition coefficient (Wildman–Crippen LogP) is 0.528. The van der Waals surface area contributed by atoms with Crippen molar-refractivity contribution in [3.8, 4) is 0 Å². The van der Waals surface area contributed by atoms with E-state index in [0.717, 1.165) is 12.0 Å². The smallest absolute Gasteiger partial charge is 0.330 e. The number of aliphatic hydroxyl groups is 1. The Morgan fingerprint density at radius 3 is 2.38 bits per heavy atom. The van der Waals surface area contributed by atoms with E-state index in [1.54, 1.807) is 20.7 Å². The average molecular weight is 538 g/mol. The Hall–Kier alpha value is -3.73. The number of carbonyl (C=O) groups excluding carboxylic acids is 4. The van der Waals surface area contributed by atoms with Crippen molar-refractivity contribution in [3.63, 3.8) is 0 Å². The molecule has 0 unspecified atom stereocenters. The molecule has 3 fully saturated rings. The first-order valence-electron chi connectivity index (χ1n) is 13.2. The van der Waals surface area contributed by atoms with Crippen LogP contribution < -0.4 is 5.32 Å². The summed E-state index contributed by atoms with van der Waals surface area (Å²) >= 11 is 0. The SMILES string of the molecule is COC(=O)[C@H](CO)NC(=O)[C@@H]1CN(C(=O)c2cnn(Cc3ccccc3)c2)CC12CN(C(=O)[C@H]1CC1(C)C)C2.